The molecule has 2 heteroatoms. The number of hydrogen-bond acceptors (Lipinski definition) is 0. The highest BCUT2D eigenvalue weighted by molar-refractivity contribution is 9.40. The van der Waals surface area contributed by atoms with Crippen LogP contribution in [-0.4, -0.2) is 6.16 Å². The Morgan fingerprint density at radius 2 is 1.64 bits per heavy atom. The number of benzene rings is 1. The Morgan fingerprint density at radius 3 is 2.07 bits per heavy atom. The van der Waals surface area contributed by atoms with Crippen LogP contribution >= 0.6 is 22.1 Å². The molecule has 1 unspecified atom stereocenters. The molecule has 1 rings (SSSR count). The van der Waals surface area contributed by atoms with Crippen LogP contribution in [0.1, 0.15) is 25.0 Å². The molecule has 0 saturated carbocycles. The van der Waals surface area contributed by atoms with Crippen molar-refractivity contribution in [1.82, 2.24) is 0 Å². The van der Waals surface area contributed by atoms with Gasteiger partial charge in [-0.05, 0) is 37.9 Å². The summed E-state index contributed by atoms with van der Waals surface area (Å²) >= 11 is 3.82. The summed E-state index contributed by atoms with van der Waals surface area (Å²) in [5.74, 6) is 0.765. The van der Waals surface area contributed by atoms with Crippen molar-refractivity contribution in [1.29, 1.82) is 0 Å². The first kappa shape index (κ1) is 12.2. The molecule has 0 amide bonds. The number of aryl methyl sites for hydroxylation is 2. The predicted octanol–water partition coefficient (Wildman–Crippen LogP) is 4.38. The van der Waals surface area contributed by atoms with Gasteiger partial charge in [-0.3, -0.25) is 0 Å². The Morgan fingerprint density at radius 1 is 1.14 bits per heavy atom. The zero-order chi connectivity index (χ0) is 10.7. The first-order chi connectivity index (χ1) is 6.49. The molecule has 0 saturated heterocycles. The van der Waals surface area contributed by atoms with Gasteiger partial charge >= 0.3 is 0 Å². The molecule has 0 spiro atoms. The third-order valence-electron chi connectivity index (χ3n) is 2.01. The molecule has 0 aromatic heterocycles. The molecule has 1 aromatic rings. The van der Waals surface area contributed by atoms with Crippen molar-refractivity contribution < 1.29 is 0 Å². The van der Waals surface area contributed by atoms with Gasteiger partial charge in [-0.2, -0.15) is 0 Å². The Balaban J connectivity index is 2.84. The summed E-state index contributed by atoms with van der Waals surface area (Å²) in [6.45, 7) is 8.76. The molecule has 0 bridgehead atoms. The highest BCUT2D eigenvalue weighted by Crippen LogP contribution is 2.44. The summed E-state index contributed by atoms with van der Waals surface area (Å²) in [7, 11) is 0. The van der Waals surface area contributed by atoms with Crippen LogP contribution in [0.15, 0.2) is 18.2 Å². The third kappa shape index (κ3) is 3.71. The van der Waals surface area contributed by atoms with Gasteiger partial charge < -0.3 is 0 Å². The second-order valence-corrected chi connectivity index (χ2v) is 8.46. The SMILES string of the molecule is Cc1cc(C)cc(P(Br)CC(C)C)c1. The van der Waals surface area contributed by atoms with E-state index in [9.17, 15) is 0 Å². The predicted molar refractivity (Wildman–Crippen MR) is 71.1 cm³/mol. The fourth-order valence-electron chi connectivity index (χ4n) is 1.52. The molecule has 0 fully saturated rings. The lowest BCUT2D eigenvalue weighted by molar-refractivity contribution is 0.748. The van der Waals surface area contributed by atoms with Crippen LogP contribution in [0, 0.1) is 19.8 Å². The van der Waals surface area contributed by atoms with Gasteiger partial charge in [0, 0.05) is 0 Å². The largest absolute Gasteiger partial charge is 0.0624 e. The van der Waals surface area contributed by atoms with Gasteiger partial charge in [-0.1, -0.05) is 58.7 Å². The quantitative estimate of drug-likeness (QED) is 0.717. The first-order valence-corrected chi connectivity index (χ1v) is 8.55. The second-order valence-electron chi connectivity index (χ2n) is 4.28. The molecule has 0 aliphatic carbocycles. The Bertz CT molecular complexity index is 287. The van der Waals surface area contributed by atoms with Gasteiger partial charge in [0.1, 0.15) is 0 Å². The molecule has 1 aromatic carbocycles. The van der Waals surface area contributed by atoms with Crippen LogP contribution in [0.25, 0.3) is 0 Å². The molecule has 0 aliphatic rings. The van der Waals surface area contributed by atoms with E-state index in [1.54, 1.807) is 0 Å². The Kier molecular flexibility index (Phi) is 4.60. The maximum absolute atomic E-state index is 3.82. The summed E-state index contributed by atoms with van der Waals surface area (Å²) in [4.78, 5) is 0. The minimum absolute atomic E-state index is 0.135. The minimum Gasteiger partial charge on any atom is -0.0624 e. The Labute approximate surface area is 96.6 Å². The lowest BCUT2D eigenvalue weighted by atomic mass is 10.2. The van der Waals surface area contributed by atoms with E-state index in [1.165, 1.54) is 22.6 Å². The smallest absolute Gasteiger partial charge is 0.00424 e. The van der Waals surface area contributed by atoms with E-state index in [-0.39, 0.29) is 6.62 Å². The van der Waals surface area contributed by atoms with E-state index in [2.05, 4.69) is 61.4 Å². The van der Waals surface area contributed by atoms with E-state index in [0.717, 1.165) is 5.92 Å². The fraction of sp³-hybridized carbons (Fsp3) is 0.500. The lowest BCUT2D eigenvalue weighted by Gasteiger charge is -2.14. The van der Waals surface area contributed by atoms with Crippen LogP contribution in [0.3, 0.4) is 0 Å². The van der Waals surface area contributed by atoms with E-state index >= 15 is 0 Å². The highest BCUT2D eigenvalue weighted by atomic mass is 79.9. The molecule has 0 aliphatic heterocycles. The van der Waals surface area contributed by atoms with Crippen molar-refractivity contribution in [3.05, 3.63) is 29.3 Å². The molecular formula is C12H18BrP. The van der Waals surface area contributed by atoms with E-state index in [4.69, 9.17) is 0 Å². The second kappa shape index (κ2) is 5.28. The first-order valence-electron chi connectivity index (χ1n) is 5.00. The topological polar surface area (TPSA) is 0 Å². The average Bonchev–Trinajstić information content (AvgIpc) is 2.00. The molecule has 0 heterocycles. The molecule has 0 radical (unpaired) electrons. The van der Waals surface area contributed by atoms with Gasteiger partial charge in [0.25, 0.3) is 0 Å². The molecule has 0 N–H and O–H groups in total. The van der Waals surface area contributed by atoms with Crippen LogP contribution in [0.4, 0.5) is 0 Å². The van der Waals surface area contributed by atoms with E-state index in [1.807, 2.05) is 0 Å². The maximum atomic E-state index is 3.82. The summed E-state index contributed by atoms with van der Waals surface area (Å²) in [6.07, 6.45) is 1.26. The van der Waals surface area contributed by atoms with Crippen molar-refractivity contribution in [2.45, 2.75) is 27.7 Å². The summed E-state index contributed by atoms with van der Waals surface area (Å²) in [6, 6.07) is 6.83. The number of hydrogen-bond donors (Lipinski definition) is 0. The van der Waals surface area contributed by atoms with Crippen molar-refractivity contribution in [2.24, 2.45) is 5.92 Å². The minimum atomic E-state index is -0.135. The van der Waals surface area contributed by atoms with Gasteiger partial charge in [0.05, 0.1) is 0 Å². The number of rotatable bonds is 3. The third-order valence-corrected chi connectivity index (χ3v) is 5.98. The average molecular weight is 273 g/mol. The molecule has 78 valence electrons. The summed E-state index contributed by atoms with van der Waals surface area (Å²) in [5, 5.41) is 1.48. The van der Waals surface area contributed by atoms with E-state index in [0.29, 0.717) is 0 Å². The molecule has 1 atom stereocenters. The van der Waals surface area contributed by atoms with Crippen LogP contribution in [0.5, 0.6) is 0 Å². The van der Waals surface area contributed by atoms with Crippen LogP contribution in [-0.2, 0) is 0 Å². The molecular weight excluding hydrogens is 255 g/mol. The molecule has 14 heavy (non-hydrogen) atoms. The van der Waals surface area contributed by atoms with Gasteiger partial charge in [0.2, 0.25) is 0 Å². The monoisotopic (exact) mass is 272 g/mol. The zero-order valence-electron chi connectivity index (χ0n) is 9.34. The Hall–Kier alpha value is 0.130. The fourth-order valence-corrected chi connectivity index (χ4v) is 5.41. The standard InChI is InChI=1S/C12H18BrP/c1-9(2)8-14(13)12-6-10(3)5-11(4)7-12/h5-7,9H,8H2,1-4H3. The normalized spacial score (nSPS) is 13.3. The summed E-state index contributed by atoms with van der Waals surface area (Å²) < 4.78 is 0. The van der Waals surface area contributed by atoms with Crippen molar-refractivity contribution in [2.75, 3.05) is 6.16 Å². The van der Waals surface area contributed by atoms with Gasteiger partial charge in [-0.15, -0.1) is 0 Å². The van der Waals surface area contributed by atoms with Crippen LogP contribution < -0.4 is 5.30 Å². The zero-order valence-corrected chi connectivity index (χ0v) is 11.8. The van der Waals surface area contributed by atoms with Crippen LogP contribution in [0.2, 0.25) is 0 Å². The van der Waals surface area contributed by atoms with Gasteiger partial charge in [0.15, 0.2) is 0 Å². The van der Waals surface area contributed by atoms with Crippen molar-refractivity contribution >= 4 is 27.4 Å². The van der Waals surface area contributed by atoms with Gasteiger partial charge in [-0.25, -0.2) is 0 Å². The maximum Gasteiger partial charge on any atom is -0.00424 e. The molecule has 0 nitrogen and oxygen atoms in total. The van der Waals surface area contributed by atoms with E-state index < -0.39 is 0 Å². The van der Waals surface area contributed by atoms with Crippen molar-refractivity contribution in [3.63, 3.8) is 0 Å². The summed E-state index contributed by atoms with van der Waals surface area (Å²) in [5.41, 5.74) is 2.74. The number of halogens is 1. The lowest BCUT2D eigenvalue weighted by Crippen LogP contribution is -2.04. The van der Waals surface area contributed by atoms with Crippen molar-refractivity contribution in [3.8, 4) is 0 Å². The highest BCUT2D eigenvalue weighted by Gasteiger charge is 2.09.